The highest BCUT2D eigenvalue weighted by Crippen LogP contribution is 2.16. The van der Waals surface area contributed by atoms with Gasteiger partial charge in [-0.1, -0.05) is 6.92 Å². The van der Waals surface area contributed by atoms with E-state index in [0.717, 1.165) is 32.6 Å². The zero-order valence-corrected chi connectivity index (χ0v) is 10.3. The normalized spacial score (nSPS) is 23.2. The highest BCUT2D eigenvalue weighted by atomic mass is 32.1. The molecule has 1 aromatic heterocycles. The molecular formula is C11H19N3S. The third-order valence-corrected chi connectivity index (χ3v) is 3.86. The Morgan fingerprint density at radius 2 is 2.53 bits per heavy atom. The highest BCUT2D eigenvalue weighted by Gasteiger charge is 2.16. The van der Waals surface area contributed by atoms with Gasteiger partial charge in [-0.05, 0) is 13.3 Å². The molecule has 0 radical (unpaired) electrons. The molecule has 0 spiro atoms. The van der Waals surface area contributed by atoms with Crippen molar-refractivity contribution in [3.05, 3.63) is 16.1 Å². The molecule has 0 bridgehead atoms. The molecular weight excluding hydrogens is 206 g/mol. The van der Waals surface area contributed by atoms with E-state index in [1.807, 2.05) is 17.5 Å². The van der Waals surface area contributed by atoms with E-state index in [4.69, 9.17) is 0 Å². The first-order chi connectivity index (χ1) is 7.28. The summed E-state index contributed by atoms with van der Waals surface area (Å²) < 4.78 is 0. The van der Waals surface area contributed by atoms with Crippen molar-refractivity contribution in [2.75, 3.05) is 19.6 Å². The Balaban J connectivity index is 1.90. The molecule has 1 aliphatic rings. The Labute approximate surface area is 95.5 Å². The fraction of sp³-hybridized carbons (Fsp3) is 0.727. The van der Waals surface area contributed by atoms with Crippen LogP contribution in [0, 0.1) is 0 Å². The molecule has 1 saturated heterocycles. The van der Waals surface area contributed by atoms with Crippen LogP contribution in [-0.2, 0) is 13.0 Å². The van der Waals surface area contributed by atoms with Crippen LogP contribution < -0.4 is 5.32 Å². The van der Waals surface area contributed by atoms with Crippen molar-refractivity contribution in [3.63, 3.8) is 0 Å². The first-order valence-corrected chi connectivity index (χ1v) is 6.49. The molecule has 2 rings (SSSR count). The number of thiazole rings is 1. The summed E-state index contributed by atoms with van der Waals surface area (Å²) in [7, 11) is 0. The van der Waals surface area contributed by atoms with Crippen LogP contribution in [0.4, 0.5) is 0 Å². The number of nitrogens with zero attached hydrogens (tertiary/aromatic N) is 2. The summed E-state index contributed by atoms with van der Waals surface area (Å²) in [5, 5.41) is 4.72. The molecule has 1 N–H and O–H groups in total. The van der Waals surface area contributed by atoms with Crippen LogP contribution in [-0.4, -0.2) is 35.6 Å². The van der Waals surface area contributed by atoms with E-state index in [9.17, 15) is 0 Å². The molecule has 1 aliphatic heterocycles. The van der Waals surface area contributed by atoms with E-state index in [1.54, 1.807) is 0 Å². The van der Waals surface area contributed by atoms with E-state index in [-0.39, 0.29) is 0 Å². The van der Waals surface area contributed by atoms with Gasteiger partial charge in [-0.15, -0.1) is 11.3 Å². The molecule has 1 atom stereocenters. The number of rotatable bonds is 3. The summed E-state index contributed by atoms with van der Waals surface area (Å²) in [6, 6.07) is 0.623. The molecule has 0 aromatic carbocycles. The smallest absolute Gasteiger partial charge is 0.0925 e. The maximum Gasteiger partial charge on any atom is 0.0925 e. The second-order valence-corrected chi connectivity index (χ2v) is 5.36. The fourth-order valence-electron chi connectivity index (χ4n) is 1.96. The van der Waals surface area contributed by atoms with Crippen LogP contribution in [0.25, 0.3) is 0 Å². The zero-order valence-electron chi connectivity index (χ0n) is 9.49. The summed E-state index contributed by atoms with van der Waals surface area (Å²) >= 11 is 1.85. The lowest BCUT2D eigenvalue weighted by atomic mass is 10.2. The van der Waals surface area contributed by atoms with Crippen LogP contribution in [0.5, 0.6) is 0 Å². The maximum absolute atomic E-state index is 4.40. The Bertz CT molecular complexity index is 311. The molecule has 0 aliphatic carbocycles. The third-order valence-electron chi connectivity index (χ3n) is 2.74. The predicted octanol–water partition coefficient (Wildman–Crippen LogP) is 1.50. The molecule has 3 nitrogen and oxygen atoms in total. The Morgan fingerprint density at radius 1 is 1.67 bits per heavy atom. The van der Waals surface area contributed by atoms with Crippen molar-refractivity contribution in [1.82, 2.24) is 15.2 Å². The minimum absolute atomic E-state index is 0.623. The highest BCUT2D eigenvalue weighted by molar-refractivity contribution is 7.11. The van der Waals surface area contributed by atoms with Crippen LogP contribution >= 0.6 is 11.3 Å². The van der Waals surface area contributed by atoms with Crippen LogP contribution in [0.15, 0.2) is 6.20 Å². The minimum atomic E-state index is 0.623. The van der Waals surface area contributed by atoms with E-state index in [0.29, 0.717) is 6.04 Å². The summed E-state index contributed by atoms with van der Waals surface area (Å²) in [6.07, 6.45) is 3.10. The lowest BCUT2D eigenvalue weighted by Gasteiger charge is -2.31. The average molecular weight is 225 g/mol. The average Bonchev–Trinajstić information content (AvgIpc) is 2.65. The molecule has 4 heteroatoms. The number of hydrogen-bond acceptors (Lipinski definition) is 4. The van der Waals surface area contributed by atoms with Crippen molar-refractivity contribution in [3.8, 4) is 0 Å². The van der Waals surface area contributed by atoms with Gasteiger partial charge in [0.2, 0.25) is 0 Å². The lowest BCUT2D eigenvalue weighted by Crippen LogP contribution is -2.48. The van der Waals surface area contributed by atoms with Gasteiger partial charge in [0.05, 0.1) is 5.01 Å². The SMILES string of the molecule is CCc1ncc(CN2CCN[C@@H](C)C2)s1. The zero-order chi connectivity index (χ0) is 10.7. The topological polar surface area (TPSA) is 28.2 Å². The molecule has 15 heavy (non-hydrogen) atoms. The van der Waals surface area contributed by atoms with Crippen LogP contribution in [0.2, 0.25) is 0 Å². The Morgan fingerprint density at radius 3 is 3.20 bits per heavy atom. The molecule has 1 aromatic rings. The summed E-state index contributed by atoms with van der Waals surface area (Å²) in [5.41, 5.74) is 0. The van der Waals surface area contributed by atoms with Gasteiger partial charge in [0.25, 0.3) is 0 Å². The van der Waals surface area contributed by atoms with Gasteiger partial charge in [0, 0.05) is 43.3 Å². The van der Waals surface area contributed by atoms with E-state index in [1.165, 1.54) is 9.88 Å². The van der Waals surface area contributed by atoms with Gasteiger partial charge in [-0.25, -0.2) is 4.98 Å². The monoisotopic (exact) mass is 225 g/mol. The third kappa shape index (κ3) is 3.00. The van der Waals surface area contributed by atoms with E-state index >= 15 is 0 Å². The Kier molecular flexibility index (Phi) is 3.72. The molecule has 0 amide bonds. The van der Waals surface area contributed by atoms with Gasteiger partial charge >= 0.3 is 0 Å². The lowest BCUT2D eigenvalue weighted by molar-refractivity contribution is 0.201. The minimum Gasteiger partial charge on any atom is -0.312 e. The Hall–Kier alpha value is -0.450. The first kappa shape index (κ1) is 11.0. The number of piperazine rings is 1. The van der Waals surface area contributed by atoms with Crippen molar-refractivity contribution in [2.24, 2.45) is 0 Å². The van der Waals surface area contributed by atoms with Crippen molar-refractivity contribution in [2.45, 2.75) is 32.9 Å². The van der Waals surface area contributed by atoms with Gasteiger partial charge in [-0.2, -0.15) is 0 Å². The van der Waals surface area contributed by atoms with Gasteiger partial charge < -0.3 is 5.32 Å². The molecule has 0 saturated carbocycles. The number of aryl methyl sites for hydroxylation is 1. The van der Waals surface area contributed by atoms with Gasteiger partial charge in [0.15, 0.2) is 0 Å². The van der Waals surface area contributed by atoms with Crippen LogP contribution in [0.1, 0.15) is 23.7 Å². The first-order valence-electron chi connectivity index (χ1n) is 5.67. The standard InChI is InChI=1S/C11H19N3S/c1-3-11-13-6-10(15-11)8-14-5-4-12-9(2)7-14/h6,9,12H,3-5,7-8H2,1-2H3/t9-/m0/s1. The molecule has 1 fully saturated rings. The summed E-state index contributed by atoms with van der Waals surface area (Å²) in [4.78, 5) is 8.31. The van der Waals surface area contributed by atoms with E-state index < -0.39 is 0 Å². The van der Waals surface area contributed by atoms with Gasteiger partial charge in [-0.3, -0.25) is 4.90 Å². The summed E-state index contributed by atoms with van der Waals surface area (Å²) in [6.45, 7) is 8.90. The van der Waals surface area contributed by atoms with Crippen molar-refractivity contribution < 1.29 is 0 Å². The largest absolute Gasteiger partial charge is 0.312 e. The van der Waals surface area contributed by atoms with Crippen LogP contribution in [0.3, 0.4) is 0 Å². The number of nitrogens with one attached hydrogen (secondary N) is 1. The molecule has 84 valence electrons. The van der Waals surface area contributed by atoms with E-state index in [2.05, 4.69) is 29.0 Å². The predicted molar refractivity (Wildman–Crippen MR) is 64.2 cm³/mol. The van der Waals surface area contributed by atoms with Crippen molar-refractivity contribution in [1.29, 1.82) is 0 Å². The van der Waals surface area contributed by atoms with Crippen molar-refractivity contribution >= 4 is 11.3 Å². The molecule has 2 heterocycles. The fourth-order valence-corrected chi connectivity index (χ4v) is 2.87. The second kappa shape index (κ2) is 5.05. The molecule has 0 unspecified atom stereocenters. The van der Waals surface area contributed by atoms with Gasteiger partial charge in [0.1, 0.15) is 0 Å². The number of aromatic nitrogens is 1. The quantitative estimate of drug-likeness (QED) is 0.845. The summed E-state index contributed by atoms with van der Waals surface area (Å²) in [5.74, 6) is 0. The maximum atomic E-state index is 4.40. The second-order valence-electron chi connectivity index (χ2n) is 4.16. The number of hydrogen-bond donors (Lipinski definition) is 1.